The van der Waals surface area contributed by atoms with Gasteiger partial charge >= 0.3 is 0 Å². The average molecular weight is 478 g/mol. The Morgan fingerprint density at radius 3 is 2.71 bits per heavy atom. The smallest absolute Gasteiger partial charge is 0.271 e. The second kappa shape index (κ2) is 8.61. The molecule has 1 atom stereocenters. The molecule has 2 amide bonds. The molecule has 174 valence electrons. The molecule has 4 aromatic rings. The molecule has 0 aliphatic carbocycles. The van der Waals surface area contributed by atoms with Crippen molar-refractivity contribution in [3.8, 4) is 5.75 Å². The van der Waals surface area contributed by atoms with E-state index in [4.69, 9.17) is 4.74 Å². The molecule has 3 heterocycles. The summed E-state index contributed by atoms with van der Waals surface area (Å²) in [6.07, 6.45) is 0. The summed E-state index contributed by atoms with van der Waals surface area (Å²) in [6, 6.07) is 17.4. The highest BCUT2D eigenvalue weighted by Gasteiger charge is 2.48. The minimum Gasteiger partial charge on any atom is -0.496 e. The lowest BCUT2D eigenvalue weighted by atomic mass is 9.93. The van der Waals surface area contributed by atoms with Crippen LogP contribution in [-0.4, -0.2) is 33.9 Å². The van der Waals surface area contributed by atoms with E-state index in [1.54, 1.807) is 42.4 Å². The quantitative estimate of drug-likeness (QED) is 0.442. The number of nitrogens with one attached hydrogen (secondary N) is 1. The van der Waals surface area contributed by atoms with Crippen molar-refractivity contribution >= 4 is 33.4 Å². The van der Waals surface area contributed by atoms with Crippen LogP contribution in [0.5, 0.6) is 5.75 Å². The summed E-state index contributed by atoms with van der Waals surface area (Å²) < 4.78 is 20.7. The van der Waals surface area contributed by atoms with Crippen molar-refractivity contribution in [2.75, 3.05) is 7.11 Å². The van der Waals surface area contributed by atoms with Crippen LogP contribution in [0.4, 0.5) is 4.39 Å². The third-order valence-electron chi connectivity index (χ3n) is 6.40. The van der Waals surface area contributed by atoms with Gasteiger partial charge in [-0.25, -0.2) is 4.39 Å². The molecule has 0 spiro atoms. The van der Waals surface area contributed by atoms with Crippen LogP contribution in [0, 0.1) is 5.82 Å². The standard InChI is InChI=1S/C26H24FN3O3S/c1-26(25(32)28-14-17-7-9-20(27)10-8-17)16-29-21(13-18-11-12-34-24(18)29)23(31)30(26)15-19-5-3-4-6-22(19)33-2/h3-13H,14-16H2,1-2H3,(H,28,32). The highest BCUT2D eigenvalue weighted by atomic mass is 32.1. The summed E-state index contributed by atoms with van der Waals surface area (Å²) in [5.41, 5.74) is 1.01. The molecule has 0 saturated heterocycles. The van der Waals surface area contributed by atoms with E-state index in [2.05, 4.69) is 5.32 Å². The van der Waals surface area contributed by atoms with Gasteiger partial charge in [0.15, 0.2) is 0 Å². The van der Waals surface area contributed by atoms with Crippen LogP contribution in [0.2, 0.25) is 0 Å². The lowest BCUT2D eigenvalue weighted by Gasteiger charge is -2.44. The number of halogens is 1. The van der Waals surface area contributed by atoms with Gasteiger partial charge in [0.25, 0.3) is 5.91 Å². The second-order valence-corrected chi connectivity index (χ2v) is 9.48. The molecular formula is C26H24FN3O3S. The Balaban J connectivity index is 1.51. The Hall–Kier alpha value is -3.65. The number of carbonyl (C=O) groups excluding carboxylic acids is 2. The first kappa shape index (κ1) is 22.2. The highest BCUT2D eigenvalue weighted by molar-refractivity contribution is 7.16. The zero-order valence-electron chi connectivity index (χ0n) is 18.9. The third kappa shape index (κ3) is 3.74. The molecule has 0 bridgehead atoms. The van der Waals surface area contributed by atoms with Crippen LogP contribution < -0.4 is 10.1 Å². The minimum atomic E-state index is -1.15. The number of benzene rings is 2. The van der Waals surface area contributed by atoms with Crippen molar-refractivity contribution in [3.63, 3.8) is 0 Å². The molecular weight excluding hydrogens is 453 g/mol. The Morgan fingerprint density at radius 1 is 1.18 bits per heavy atom. The number of thiophene rings is 1. The molecule has 1 unspecified atom stereocenters. The van der Waals surface area contributed by atoms with Gasteiger partial charge in [0.2, 0.25) is 5.91 Å². The Bertz CT molecular complexity index is 1380. The number of para-hydroxylation sites is 1. The molecule has 1 aliphatic rings. The largest absolute Gasteiger partial charge is 0.496 e. The van der Waals surface area contributed by atoms with Crippen LogP contribution in [0.15, 0.2) is 66.0 Å². The number of hydrogen-bond donors (Lipinski definition) is 1. The van der Waals surface area contributed by atoms with E-state index < -0.39 is 5.54 Å². The van der Waals surface area contributed by atoms with E-state index in [0.29, 0.717) is 18.0 Å². The summed E-state index contributed by atoms with van der Waals surface area (Å²) in [4.78, 5) is 30.0. The van der Waals surface area contributed by atoms with Gasteiger partial charge in [0.05, 0.1) is 20.2 Å². The van der Waals surface area contributed by atoms with Gasteiger partial charge in [0.1, 0.15) is 27.6 Å². The maximum Gasteiger partial charge on any atom is 0.271 e. The SMILES string of the molecule is COc1ccccc1CN1C(=O)c2cc3ccsc3n2CC1(C)C(=O)NCc1ccc(F)cc1. The number of nitrogens with zero attached hydrogens (tertiary/aromatic N) is 2. The van der Waals surface area contributed by atoms with Crippen LogP contribution in [0.3, 0.4) is 0 Å². The second-order valence-electron chi connectivity index (χ2n) is 8.58. The molecule has 1 aliphatic heterocycles. The Kier molecular flexibility index (Phi) is 5.61. The molecule has 34 heavy (non-hydrogen) atoms. The zero-order chi connectivity index (χ0) is 23.9. The normalized spacial score (nSPS) is 17.6. The van der Waals surface area contributed by atoms with Crippen molar-refractivity contribution in [1.29, 1.82) is 0 Å². The van der Waals surface area contributed by atoms with E-state index in [9.17, 15) is 14.0 Å². The molecule has 0 fully saturated rings. The van der Waals surface area contributed by atoms with Crippen molar-refractivity contribution in [1.82, 2.24) is 14.8 Å². The van der Waals surface area contributed by atoms with Gasteiger partial charge in [-0.2, -0.15) is 0 Å². The number of ether oxygens (including phenoxy) is 1. The number of carbonyl (C=O) groups is 2. The van der Waals surface area contributed by atoms with Gasteiger partial charge in [-0.3, -0.25) is 9.59 Å². The molecule has 0 radical (unpaired) electrons. The Labute approximate surface area is 200 Å². The fraction of sp³-hybridized carbons (Fsp3) is 0.231. The average Bonchev–Trinajstić information content (AvgIpc) is 3.44. The fourth-order valence-corrected chi connectivity index (χ4v) is 5.38. The number of rotatable bonds is 6. The molecule has 5 rings (SSSR count). The number of aromatic nitrogens is 1. The number of amides is 2. The molecule has 2 aromatic heterocycles. The monoisotopic (exact) mass is 477 g/mol. The van der Waals surface area contributed by atoms with Crippen molar-refractivity contribution in [3.05, 3.63) is 88.7 Å². The number of fused-ring (bicyclic) bond motifs is 3. The van der Waals surface area contributed by atoms with Crippen molar-refractivity contribution in [2.45, 2.75) is 32.1 Å². The van der Waals surface area contributed by atoms with Crippen molar-refractivity contribution < 1.29 is 18.7 Å². The first-order chi connectivity index (χ1) is 16.4. The maximum atomic E-state index is 13.8. The van der Waals surface area contributed by atoms with Gasteiger partial charge < -0.3 is 19.5 Å². The van der Waals surface area contributed by atoms with E-state index in [0.717, 1.165) is 21.3 Å². The molecule has 6 nitrogen and oxygen atoms in total. The van der Waals surface area contributed by atoms with E-state index in [-0.39, 0.29) is 30.7 Å². The fourth-order valence-electron chi connectivity index (χ4n) is 4.48. The van der Waals surface area contributed by atoms with Gasteiger partial charge in [-0.1, -0.05) is 30.3 Å². The van der Waals surface area contributed by atoms with Crippen LogP contribution >= 0.6 is 11.3 Å². The van der Waals surface area contributed by atoms with Gasteiger partial charge in [0, 0.05) is 17.5 Å². The third-order valence-corrected chi connectivity index (χ3v) is 7.36. The summed E-state index contributed by atoms with van der Waals surface area (Å²) in [5, 5.41) is 5.93. The molecule has 2 aromatic carbocycles. The lowest BCUT2D eigenvalue weighted by Crippen LogP contribution is -2.63. The summed E-state index contributed by atoms with van der Waals surface area (Å²) in [6.45, 7) is 2.58. The predicted octanol–water partition coefficient (Wildman–Crippen LogP) is 4.58. The van der Waals surface area contributed by atoms with Crippen LogP contribution in [0.1, 0.15) is 28.5 Å². The van der Waals surface area contributed by atoms with Crippen LogP contribution in [-0.2, 0) is 24.4 Å². The van der Waals surface area contributed by atoms with Crippen molar-refractivity contribution in [2.24, 2.45) is 0 Å². The number of methoxy groups -OCH3 is 1. The highest BCUT2D eigenvalue weighted by Crippen LogP contribution is 2.36. The van der Waals surface area contributed by atoms with Crippen LogP contribution in [0.25, 0.3) is 10.2 Å². The molecule has 0 saturated carbocycles. The summed E-state index contributed by atoms with van der Waals surface area (Å²) in [7, 11) is 1.59. The summed E-state index contributed by atoms with van der Waals surface area (Å²) in [5.74, 6) is -0.154. The first-order valence-electron chi connectivity index (χ1n) is 10.9. The van der Waals surface area contributed by atoms with E-state index in [1.807, 2.05) is 46.3 Å². The summed E-state index contributed by atoms with van der Waals surface area (Å²) >= 11 is 1.55. The van der Waals surface area contributed by atoms with E-state index >= 15 is 0 Å². The van der Waals surface area contributed by atoms with Gasteiger partial charge in [-0.05, 0) is 48.2 Å². The molecule has 1 N–H and O–H groups in total. The topological polar surface area (TPSA) is 63.6 Å². The molecule has 8 heteroatoms. The lowest BCUT2D eigenvalue weighted by molar-refractivity contribution is -0.133. The Morgan fingerprint density at radius 2 is 1.94 bits per heavy atom. The predicted molar refractivity (Wildman–Crippen MR) is 129 cm³/mol. The zero-order valence-corrected chi connectivity index (χ0v) is 19.7. The van der Waals surface area contributed by atoms with Gasteiger partial charge in [-0.15, -0.1) is 11.3 Å². The van der Waals surface area contributed by atoms with E-state index in [1.165, 1.54) is 12.1 Å². The first-order valence-corrected chi connectivity index (χ1v) is 11.8. The minimum absolute atomic E-state index is 0.208. The number of hydrogen-bond acceptors (Lipinski definition) is 4. The maximum absolute atomic E-state index is 13.8.